The van der Waals surface area contributed by atoms with Gasteiger partial charge in [-0.25, -0.2) is 13.8 Å². The maximum absolute atomic E-state index is 14.0. The molecule has 3 aromatic heterocycles. The van der Waals surface area contributed by atoms with Gasteiger partial charge in [0, 0.05) is 18.2 Å². The van der Waals surface area contributed by atoms with E-state index in [1.54, 1.807) is 26.8 Å². The molecule has 1 aromatic carbocycles. The lowest BCUT2D eigenvalue weighted by atomic mass is 10.0. The SMILES string of the molecule is COc1ccc(F)cc1CCn1c(=O)n(C(C)(C)C(=O)NC(C)C)c(=O)c2c(C)c(-n3nccn3)sc21.N#CCCO. The van der Waals surface area contributed by atoms with Crippen molar-refractivity contribution in [1.29, 1.82) is 5.26 Å². The van der Waals surface area contributed by atoms with Crippen LogP contribution in [0, 0.1) is 24.1 Å². The van der Waals surface area contributed by atoms with Crippen LogP contribution in [0.4, 0.5) is 4.39 Å². The number of nitrogens with one attached hydrogen (secondary N) is 1. The minimum atomic E-state index is -1.48. The molecule has 3 heterocycles. The molecule has 0 saturated heterocycles. The Morgan fingerprint density at radius 2 is 1.93 bits per heavy atom. The highest BCUT2D eigenvalue weighted by atomic mass is 32.1. The van der Waals surface area contributed by atoms with E-state index in [2.05, 4.69) is 15.5 Å². The van der Waals surface area contributed by atoms with E-state index in [9.17, 15) is 18.8 Å². The van der Waals surface area contributed by atoms with Crippen molar-refractivity contribution in [2.45, 2.75) is 65.6 Å². The zero-order valence-electron chi connectivity index (χ0n) is 24.3. The quantitative estimate of drug-likeness (QED) is 0.297. The Hall–Kier alpha value is -4.35. The van der Waals surface area contributed by atoms with Gasteiger partial charge in [-0.15, -0.1) is 4.80 Å². The van der Waals surface area contributed by atoms with E-state index in [1.165, 1.54) is 72.3 Å². The number of ether oxygens (including phenoxy) is 1. The number of carbonyl (C=O) groups is 1. The van der Waals surface area contributed by atoms with Crippen LogP contribution in [0.3, 0.4) is 0 Å². The molecule has 0 spiro atoms. The molecule has 2 N–H and O–H groups in total. The van der Waals surface area contributed by atoms with Crippen molar-refractivity contribution < 1.29 is 19.0 Å². The highest BCUT2D eigenvalue weighted by Crippen LogP contribution is 2.31. The zero-order chi connectivity index (χ0) is 31.2. The topological polar surface area (TPSA) is 157 Å². The number of hydrogen-bond acceptors (Lipinski definition) is 9. The predicted octanol–water partition coefficient (Wildman–Crippen LogP) is 2.66. The number of nitriles is 1. The smallest absolute Gasteiger partial charge is 0.333 e. The van der Waals surface area contributed by atoms with E-state index in [4.69, 9.17) is 15.1 Å². The first kappa shape index (κ1) is 32.2. The van der Waals surface area contributed by atoms with Crippen LogP contribution in [-0.4, -0.2) is 54.9 Å². The van der Waals surface area contributed by atoms with Crippen molar-refractivity contribution in [2.24, 2.45) is 0 Å². The third-order valence-corrected chi connectivity index (χ3v) is 7.67. The number of aliphatic hydroxyl groups is 1. The molecule has 0 unspecified atom stereocenters. The summed E-state index contributed by atoms with van der Waals surface area (Å²) < 4.78 is 21.8. The molecule has 0 aliphatic rings. The van der Waals surface area contributed by atoms with Gasteiger partial charge in [0.1, 0.15) is 26.9 Å². The summed E-state index contributed by atoms with van der Waals surface area (Å²) in [5.74, 6) is -0.399. The first-order chi connectivity index (χ1) is 19.9. The molecule has 4 rings (SSSR count). The molecular formula is C28H34FN7O5S. The maximum Gasteiger partial charge on any atom is 0.333 e. The molecule has 0 bridgehead atoms. The standard InChI is InChI=1S/C25H29FN6O4S.C3H5NO/c1-14(2)29-23(34)25(4,5)31-20(33)19-15(3)21(32-27-10-11-28-32)37-22(19)30(24(31)35)12-9-16-13-17(26)7-8-18(16)36-6;4-2-1-3-5/h7-8,10-11,13-14H,9,12H2,1-6H3,(H,29,34);5H,1,3H2. The Bertz CT molecular complexity index is 1720. The molecule has 1 amide bonds. The number of rotatable bonds is 9. The molecule has 14 heteroatoms. The van der Waals surface area contributed by atoms with Gasteiger partial charge in [0.15, 0.2) is 0 Å². The van der Waals surface area contributed by atoms with Crippen molar-refractivity contribution >= 4 is 27.5 Å². The Morgan fingerprint density at radius 3 is 2.48 bits per heavy atom. The van der Waals surface area contributed by atoms with E-state index < -0.39 is 28.5 Å². The van der Waals surface area contributed by atoms with E-state index in [0.29, 0.717) is 32.1 Å². The van der Waals surface area contributed by atoms with Crippen LogP contribution in [0.5, 0.6) is 5.75 Å². The Morgan fingerprint density at radius 1 is 1.26 bits per heavy atom. The lowest BCUT2D eigenvalue weighted by Gasteiger charge is -2.27. The second-order valence-electron chi connectivity index (χ2n) is 10.1. The first-order valence-electron chi connectivity index (χ1n) is 13.2. The number of amides is 1. The number of fused-ring (bicyclic) bond motifs is 1. The van der Waals surface area contributed by atoms with Gasteiger partial charge < -0.3 is 15.2 Å². The van der Waals surface area contributed by atoms with Crippen molar-refractivity contribution in [3.05, 3.63) is 68.4 Å². The molecule has 0 radical (unpaired) electrons. The maximum atomic E-state index is 14.0. The molecule has 0 atom stereocenters. The summed E-state index contributed by atoms with van der Waals surface area (Å²) in [4.78, 5) is 42.6. The lowest BCUT2D eigenvalue weighted by molar-refractivity contribution is -0.129. The third kappa shape index (κ3) is 6.58. The van der Waals surface area contributed by atoms with E-state index in [1.807, 2.05) is 0 Å². The Balaban J connectivity index is 0.000000892. The van der Waals surface area contributed by atoms with Crippen LogP contribution in [0.2, 0.25) is 0 Å². The van der Waals surface area contributed by atoms with Gasteiger partial charge in [0.2, 0.25) is 5.91 Å². The molecular weight excluding hydrogens is 565 g/mol. The average Bonchev–Trinajstić information content (AvgIpc) is 3.57. The Labute approximate surface area is 245 Å². The van der Waals surface area contributed by atoms with Crippen molar-refractivity contribution in [1.82, 2.24) is 29.4 Å². The highest BCUT2D eigenvalue weighted by Gasteiger charge is 2.35. The number of nitrogens with zero attached hydrogens (tertiary/aromatic N) is 6. The van der Waals surface area contributed by atoms with Crippen LogP contribution < -0.4 is 21.3 Å². The number of methoxy groups -OCH3 is 1. The van der Waals surface area contributed by atoms with Crippen molar-refractivity contribution in [3.8, 4) is 16.8 Å². The van der Waals surface area contributed by atoms with E-state index in [0.717, 1.165) is 4.57 Å². The number of halogens is 1. The van der Waals surface area contributed by atoms with E-state index >= 15 is 0 Å². The summed E-state index contributed by atoms with van der Waals surface area (Å²) in [6.07, 6.45) is 3.54. The van der Waals surface area contributed by atoms with Crippen LogP contribution in [0.1, 0.15) is 45.2 Å². The van der Waals surface area contributed by atoms with Gasteiger partial charge in [0.25, 0.3) is 5.56 Å². The van der Waals surface area contributed by atoms with E-state index in [-0.39, 0.29) is 32.0 Å². The summed E-state index contributed by atoms with van der Waals surface area (Å²) in [6, 6.07) is 5.77. The van der Waals surface area contributed by atoms with Gasteiger partial charge in [-0.3, -0.25) is 14.2 Å². The van der Waals surface area contributed by atoms with Gasteiger partial charge >= 0.3 is 5.69 Å². The summed E-state index contributed by atoms with van der Waals surface area (Å²) in [7, 11) is 1.49. The van der Waals surface area contributed by atoms with Crippen LogP contribution in [0.15, 0.2) is 40.2 Å². The number of carbonyl (C=O) groups excluding carboxylic acids is 1. The second-order valence-corrected chi connectivity index (χ2v) is 11.1. The highest BCUT2D eigenvalue weighted by molar-refractivity contribution is 7.21. The fraction of sp³-hybridized carbons (Fsp3) is 0.429. The predicted molar refractivity (Wildman–Crippen MR) is 157 cm³/mol. The van der Waals surface area contributed by atoms with Crippen molar-refractivity contribution in [3.63, 3.8) is 0 Å². The van der Waals surface area contributed by atoms with Crippen molar-refractivity contribution in [2.75, 3.05) is 13.7 Å². The monoisotopic (exact) mass is 599 g/mol. The first-order valence-corrected chi connectivity index (χ1v) is 14.0. The number of aromatic nitrogens is 5. The number of hydrogen-bond donors (Lipinski definition) is 2. The molecule has 4 aromatic rings. The van der Waals surface area contributed by atoms with Gasteiger partial charge in [-0.05, 0) is 64.8 Å². The average molecular weight is 600 g/mol. The number of aryl methyl sites for hydroxylation is 3. The van der Waals surface area contributed by atoms with Gasteiger partial charge in [-0.1, -0.05) is 11.3 Å². The van der Waals surface area contributed by atoms with Crippen LogP contribution in [0.25, 0.3) is 15.2 Å². The summed E-state index contributed by atoms with van der Waals surface area (Å²) in [5, 5.41) is 27.5. The normalized spacial score (nSPS) is 11.2. The minimum Gasteiger partial charge on any atom is -0.496 e. The lowest BCUT2D eigenvalue weighted by Crippen LogP contribution is -2.56. The van der Waals surface area contributed by atoms with Gasteiger partial charge in [-0.2, -0.15) is 15.5 Å². The molecule has 0 saturated carbocycles. The second kappa shape index (κ2) is 13.5. The third-order valence-electron chi connectivity index (χ3n) is 6.39. The molecule has 12 nitrogen and oxygen atoms in total. The largest absolute Gasteiger partial charge is 0.496 e. The fourth-order valence-corrected chi connectivity index (χ4v) is 5.54. The Kier molecular flexibility index (Phi) is 10.4. The number of benzene rings is 1. The number of aliphatic hydroxyl groups excluding tert-OH is 1. The zero-order valence-corrected chi connectivity index (χ0v) is 25.2. The molecule has 42 heavy (non-hydrogen) atoms. The van der Waals surface area contributed by atoms with Crippen LogP contribution >= 0.6 is 11.3 Å². The fourth-order valence-electron chi connectivity index (χ4n) is 4.30. The molecule has 0 fully saturated rings. The molecule has 0 aliphatic heterocycles. The molecule has 0 aliphatic carbocycles. The van der Waals surface area contributed by atoms with Gasteiger partial charge in [0.05, 0.1) is 44.0 Å². The summed E-state index contributed by atoms with van der Waals surface area (Å²) in [5.41, 5.74) is -1.54. The van der Waals surface area contributed by atoms with Crippen LogP contribution in [-0.2, 0) is 23.3 Å². The molecule has 224 valence electrons. The summed E-state index contributed by atoms with van der Waals surface area (Å²) in [6.45, 7) is 8.54. The summed E-state index contributed by atoms with van der Waals surface area (Å²) >= 11 is 1.20. The number of thiophene rings is 1. The minimum absolute atomic E-state index is 0.0174.